The lowest BCUT2D eigenvalue weighted by molar-refractivity contribution is -0.137. The molecule has 0 N–H and O–H groups in total. The van der Waals surface area contributed by atoms with Gasteiger partial charge in [-0.25, -0.2) is 0 Å². The van der Waals surface area contributed by atoms with Crippen LogP contribution in [0, 0.1) is 0 Å². The molecule has 2 rings (SSSR count). The molecule has 1 fully saturated rings. The fraction of sp³-hybridized carbons (Fsp3) is 0.588. The molecule has 0 saturated heterocycles. The first-order chi connectivity index (χ1) is 10.7. The molecule has 128 valence electrons. The molecule has 0 unspecified atom stereocenters. The number of carbonyl (C=O) groups is 1. The van der Waals surface area contributed by atoms with Crippen LogP contribution in [0.4, 0.5) is 13.2 Å². The van der Waals surface area contributed by atoms with E-state index in [4.69, 9.17) is 0 Å². The zero-order valence-corrected chi connectivity index (χ0v) is 13.7. The highest BCUT2D eigenvalue weighted by Gasteiger charge is 2.33. The van der Waals surface area contributed by atoms with Crippen LogP contribution in [0.2, 0.25) is 0 Å². The van der Waals surface area contributed by atoms with Gasteiger partial charge in [-0.2, -0.15) is 13.2 Å². The standard InChI is InChI=1S/C17H23F3N2O/c1-21(2)14-6-4-5-7-15(14)22(3)16(23)12-8-10-13(11-9-12)17(18,19)20/h8-11,14-15H,4-7H2,1-3H3/t14-,15-/m1/s1. The maximum atomic E-state index is 12.6. The molecule has 3 nitrogen and oxygen atoms in total. The highest BCUT2D eigenvalue weighted by atomic mass is 19.4. The van der Waals surface area contributed by atoms with Gasteiger partial charge in [-0.05, 0) is 51.2 Å². The molecule has 0 radical (unpaired) electrons. The molecule has 0 aromatic heterocycles. The number of rotatable bonds is 3. The van der Waals surface area contributed by atoms with E-state index in [0.29, 0.717) is 5.56 Å². The Kier molecular flexibility index (Phi) is 5.34. The maximum Gasteiger partial charge on any atom is 0.416 e. The largest absolute Gasteiger partial charge is 0.416 e. The molecule has 1 aliphatic carbocycles. The summed E-state index contributed by atoms with van der Waals surface area (Å²) in [5.41, 5.74) is -0.441. The monoisotopic (exact) mass is 328 g/mol. The van der Waals surface area contributed by atoms with Crippen molar-refractivity contribution in [3.63, 3.8) is 0 Å². The minimum absolute atomic E-state index is 0.0912. The molecule has 1 aromatic rings. The van der Waals surface area contributed by atoms with E-state index in [1.807, 2.05) is 14.1 Å². The quantitative estimate of drug-likeness (QED) is 0.845. The summed E-state index contributed by atoms with van der Waals surface area (Å²) < 4.78 is 37.8. The van der Waals surface area contributed by atoms with Crippen LogP contribution in [-0.2, 0) is 6.18 Å². The van der Waals surface area contributed by atoms with Crippen LogP contribution < -0.4 is 0 Å². The van der Waals surface area contributed by atoms with E-state index < -0.39 is 11.7 Å². The lowest BCUT2D eigenvalue weighted by Crippen LogP contribution is -2.51. The first kappa shape index (κ1) is 17.8. The van der Waals surface area contributed by atoms with E-state index in [9.17, 15) is 18.0 Å². The second-order valence-electron chi connectivity index (χ2n) is 6.37. The number of nitrogens with zero attached hydrogens (tertiary/aromatic N) is 2. The summed E-state index contributed by atoms with van der Waals surface area (Å²) in [4.78, 5) is 16.4. The summed E-state index contributed by atoms with van der Waals surface area (Å²) in [5, 5.41) is 0. The predicted molar refractivity (Wildman–Crippen MR) is 83.3 cm³/mol. The normalized spacial score (nSPS) is 22.2. The van der Waals surface area contributed by atoms with Gasteiger partial charge in [0.15, 0.2) is 0 Å². The second-order valence-corrected chi connectivity index (χ2v) is 6.37. The van der Waals surface area contributed by atoms with Gasteiger partial charge in [-0.3, -0.25) is 4.79 Å². The van der Waals surface area contributed by atoms with Crippen LogP contribution in [0.1, 0.15) is 41.6 Å². The number of hydrogen-bond donors (Lipinski definition) is 0. The molecule has 6 heteroatoms. The van der Waals surface area contributed by atoms with Crippen molar-refractivity contribution in [3.05, 3.63) is 35.4 Å². The van der Waals surface area contributed by atoms with Crippen molar-refractivity contribution >= 4 is 5.91 Å². The Labute approximate surface area is 135 Å². The summed E-state index contributed by atoms with van der Waals surface area (Å²) in [6.07, 6.45) is -0.220. The van der Waals surface area contributed by atoms with Gasteiger partial charge in [0.05, 0.1) is 5.56 Å². The minimum Gasteiger partial charge on any atom is -0.337 e. The van der Waals surface area contributed by atoms with Crippen LogP contribution in [0.25, 0.3) is 0 Å². The lowest BCUT2D eigenvalue weighted by Gasteiger charge is -2.41. The second kappa shape index (κ2) is 6.91. The third-order valence-corrected chi connectivity index (χ3v) is 4.63. The zero-order valence-electron chi connectivity index (χ0n) is 13.7. The van der Waals surface area contributed by atoms with Gasteiger partial charge >= 0.3 is 6.18 Å². The van der Waals surface area contributed by atoms with E-state index in [0.717, 1.165) is 37.8 Å². The van der Waals surface area contributed by atoms with Gasteiger partial charge in [0.2, 0.25) is 0 Å². The molecule has 0 spiro atoms. The van der Waals surface area contributed by atoms with Crippen molar-refractivity contribution in [2.75, 3.05) is 21.1 Å². The number of benzene rings is 1. The van der Waals surface area contributed by atoms with Gasteiger partial charge in [-0.15, -0.1) is 0 Å². The highest BCUT2D eigenvalue weighted by molar-refractivity contribution is 5.94. The number of carbonyl (C=O) groups excluding carboxylic acids is 1. The molecule has 1 saturated carbocycles. The number of hydrogen-bond acceptors (Lipinski definition) is 2. The SMILES string of the molecule is CN(C)[C@@H]1CCCC[C@H]1N(C)C(=O)c1ccc(C(F)(F)F)cc1. The molecule has 0 bridgehead atoms. The molecule has 2 atom stereocenters. The van der Waals surface area contributed by atoms with Crippen LogP contribution in [0.15, 0.2) is 24.3 Å². The highest BCUT2D eigenvalue weighted by Crippen LogP contribution is 2.30. The van der Waals surface area contributed by atoms with E-state index in [-0.39, 0.29) is 18.0 Å². The minimum atomic E-state index is -4.38. The number of halogens is 3. The average Bonchev–Trinajstić information content (AvgIpc) is 2.52. The summed E-state index contributed by atoms with van der Waals surface area (Å²) in [6, 6.07) is 4.82. The predicted octanol–water partition coefficient (Wildman–Crippen LogP) is 3.65. The number of alkyl halides is 3. The van der Waals surface area contributed by atoms with Gasteiger partial charge in [0, 0.05) is 24.7 Å². The van der Waals surface area contributed by atoms with E-state index in [2.05, 4.69) is 4.90 Å². The Morgan fingerprint density at radius 3 is 2.00 bits per heavy atom. The molecule has 1 amide bonds. The topological polar surface area (TPSA) is 23.6 Å². The lowest BCUT2D eigenvalue weighted by atomic mass is 9.88. The average molecular weight is 328 g/mol. The molecule has 23 heavy (non-hydrogen) atoms. The van der Waals surface area contributed by atoms with Crippen molar-refractivity contribution in [1.82, 2.24) is 9.80 Å². The fourth-order valence-corrected chi connectivity index (χ4v) is 3.30. The Bertz CT molecular complexity index is 540. The van der Waals surface area contributed by atoms with Crippen LogP contribution in [-0.4, -0.2) is 48.9 Å². The number of amides is 1. The smallest absolute Gasteiger partial charge is 0.337 e. The first-order valence-electron chi connectivity index (χ1n) is 7.82. The molecule has 1 aromatic carbocycles. The van der Waals surface area contributed by atoms with Crippen molar-refractivity contribution < 1.29 is 18.0 Å². The Hall–Kier alpha value is -1.56. The first-order valence-corrected chi connectivity index (χ1v) is 7.82. The van der Waals surface area contributed by atoms with Gasteiger partial charge in [0.25, 0.3) is 5.91 Å². The summed E-state index contributed by atoms with van der Waals surface area (Å²) in [5.74, 6) is -0.225. The van der Waals surface area contributed by atoms with E-state index >= 15 is 0 Å². The maximum absolute atomic E-state index is 12.6. The van der Waals surface area contributed by atoms with Crippen molar-refractivity contribution in [1.29, 1.82) is 0 Å². The molecule has 1 aliphatic rings. The fourth-order valence-electron chi connectivity index (χ4n) is 3.30. The van der Waals surface area contributed by atoms with E-state index in [1.165, 1.54) is 12.1 Å². The van der Waals surface area contributed by atoms with Gasteiger partial charge in [0.1, 0.15) is 0 Å². The van der Waals surface area contributed by atoms with Gasteiger partial charge < -0.3 is 9.80 Å². The van der Waals surface area contributed by atoms with Crippen LogP contribution >= 0.6 is 0 Å². The van der Waals surface area contributed by atoms with Crippen LogP contribution in [0.3, 0.4) is 0 Å². The summed E-state index contributed by atoms with van der Waals surface area (Å²) in [7, 11) is 5.74. The molecular weight excluding hydrogens is 305 g/mol. The zero-order chi connectivity index (χ0) is 17.2. The summed E-state index contributed by atoms with van der Waals surface area (Å²) in [6.45, 7) is 0. The Balaban J connectivity index is 2.15. The number of likely N-dealkylation sites (N-methyl/N-ethyl adjacent to an activating group) is 2. The van der Waals surface area contributed by atoms with Gasteiger partial charge in [-0.1, -0.05) is 12.8 Å². The Morgan fingerprint density at radius 1 is 1.00 bits per heavy atom. The van der Waals surface area contributed by atoms with E-state index in [1.54, 1.807) is 11.9 Å². The molecular formula is C17H23F3N2O. The van der Waals surface area contributed by atoms with Crippen molar-refractivity contribution in [3.8, 4) is 0 Å². The third kappa shape index (κ3) is 4.05. The van der Waals surface area contributed by atoms with Crippen LogP contribution in [0.5, 0.6) is 0 Å². The summed E-state index contributed by atoms with van der Waals surface area (Å²) >= 11 is 0. The van der Waals surface area contributed by atoms with Crippen molar-refractivity contribution in [2.24, 2.45) is 0 Å². The molecule has 0 aliphatic heterocycles. The van der Waals surface area contributed by atoms with Crippen molar-refractivity contribution in [2.45, 2.75) is 43.9 Å². The Morgan fingerprint density at radius 2 is 1.52 bits per heavy atom. The third-order valence-electron chi connectivity index (χ3n) is 4.63. The molecule has 0 heterocycles.